The van der Waals surface area contributed by atoms with Crippen LogP contribution in [0.5, 0.6) is 0 Å². The standard InChI is InChI=1S/C12H18N2/c1-13-9-5-6-10-14(2)12-8-4-3-7-11(12)13/h3-4,7-8H,5-6,9-10H2,1-2H3. The van der Waals surface area contributed by atoms with E-state index in [0.29, 0.717) is 0 Å². The Bertz CT molecular complexity index is 278. The molecule has 2 rings (SSSR count). The largest absolute Gasteiger partial charge is 0.373 e. The molecule has 2 heteroatoms. The highest BCUT2D eigenvalue weighted by Gasteiger charge is 2.12. The Balaban J connectivity index is 2.39. The highest BCUT2D eigenvalue weighted by atomic mass is 15.2. The average Bonchev–Trinajstić information content (AvgIpc) is 2.22. The number of anilines is 2. The third kappa shape index (κ3) is 1.69. The summed E-state index contributed by atoms with van der Waals surface area (Å²) in [5, 5.41) is 0. The molecule has 14 heavy (non-hydrogen) atoms. The molecule has 1 aliphatic rings. The van der Waals surface area contributed by atoms with Crippen molar-refractivity contribution in [1.29, 1.82) is 0 Å². The molecule has 0 spiro atoms. The first-order chi connectivity index (χ1) is 6.79. The lowest BCUT2D eigenvalue weighted by Crippen LogP contribution is -2.28. The van der Waals surface area contributed by atoms with Crippen LogP contribution in [0.4, 0.5) is 11.4 Å². The highest BCUT2D eigenvalue weighted by molar-refractivity contribution is 5.70. The summed E-state index contributed by atoms with van der Waals surface area (Å²) >= 11 is 0. The van der Waals surface area contributed by atoms with E-state index in [1.54, 1.807) is 0 Å². The van der Waals surface area contributed by atoms with E-state index in [-0.39, 0.29) is 0 Å². The summed E-state index contributed by atoms with van der Waals surface area (Å²) in [6.45, 7) is 2.34. The lowest BCUT2D eigenvalue weighted by molar-refractivity contribution is 0.692. The molecule has 1 aliphatic heterocycles. The number of hydrogen-bond donors (Lipinski definition) is 0. The fourth-order valence-corrected chi connectivity index (χ4v) is 2.05. The van der Waals surface area contributed by atoms with Gasteiger partial charge in [-0.25, -0.2) is 0 Å². The van der Waals surface area contributed by atoms with Crippen molar-refractivity contribution < 1.29 is 0 Å². The maximum atomic E-state index is 2.35. The van der Waals surface area contributed by atoms with Crippen LogP contribution in [-0.4, -0.2) is 27.2 Å². The van der Waals surface area contributed by atoms with Gasteiger partial charge >= 0.3 is 0 Å². The van der Waals surface area contributed by atoms with E-state index < -0.39 is 0 Å². The van der Waals surface area contributed by atoms with Gasteiger partial charge in [0.15, 0.2) is 0 Å². The van der Waals surface area contributed by atoms with Crippen LogP contribution in [0.2, 0.25) is 0 Å². The van der Waals surface area contributed by atoms with Crippen molar-refractivity contribution in [3.8, 4) is 0 Å². The lowest BCUT2D eigenvalue weighted by Gasteiger charge is -2.30. The molecule has 1 aromatic rings. The fraction of sp³-hybridized carbons (Fsp3) is 0.500. The minimum Gasteiger partial charge on any atom is -0.373 e. The number of benzene rings is 1. The van der Waals surface area contributed by atoms with Crippen LogP contribution >= 0.6 is 0 Å². The zero-order chi connectivity index (χ0) is 9.97. The topological polar surface area (TPSA) is 6.48 Å². The summed E-state index contributed by atoms with van der Waals surface area (Å²) in [4.78, 5) is 4.70. The molecule has 0 saturated carbocycles. The molecule has 1 aromatic carbocycles. The van der Waals surface area contributed by atoms with Gasteiger partial charge in [0.25, 0.3) is 0 Å². The molecule has 0 fully saturated rings. The van der Waals surface area contributed by atoms with Crippen molar-refractivity contribution in [1.82, 2.24) is 0 Å². The van der Waals surface area contributed by atoms with Crippen molar-refractivity contribution in [2.24, 2.45) is 0 Å². The molecule has 2 nitrogen and oxygen atoms in total. The SMILES string of the molecule is CN1CCCCN(C)c2ccccc21. The Morgan fingerprint density at radius 3 is 1.71 bits per heavy atom. The van der Waals surface area contributed by atoms with E-state index in [1.165, 1.54) is 37.3 Å². The molecule has 0 N–H and O–H groups in total. The number of hydrogen-bond acceptors (Lipinski definition) is 2. The summed E-state index contributed by atoms with van der Waals surface area (Å²) in [6, 6.07) is 8.64. The van der Waals surface area contributed by atoms with Crippen LogP contribution < -0.4 is 9.80 Å². The van der Waals surface area contributed by atoms with E-state index in [0.717, 1.165) is 0 Å². The average molecular weight is 190 g/mol. The normalized spacial score (nSPS) is 17.3. The van der Waals surface area contributed by atoms with E-state index in [2.05, 4.69) is 48.2 Å². The van der Waals surface area contributed by atoms with Crippen molar-refractivity contribution in [3.63, 3.8) is 0 Å². The van der Waals surface area contributed by atoms with Crippen molar-refractivity contribution in [2.45, 2.75) is 12.8 Å². The van der Waals surface area contributed by atoms with Gasteiger partial charge in [0.1, 0.15) is 0 Å². The second-order valence-corrected chi connectivity index (χ2v) is 4.04. The van der Waals surface area contributed by atoms with Crippen molar-refractivity contribution in [3.05, 3.63) is 24.3 Å². The number of fused-ring (bicyclic) bond motifs is 1. The molecule has 0 bridgehead atoms. The van der Waals surface area contributed by atoms with E-state index in [9.17, 15) is 0 Å². The maximum absolute atomic E-state index is 2.35. The van der Waals surface area contributed by atoms with Crippen LogP contribution in [0.25, 0.3) is 0 Å². The number of nitrogens with zero attached hydrogens (tertiary/aromatic N) is 2. The monoisotopic (exact) mass is 190 g/mol. The zero-order valence-electron chi connectivity index (χ0n) is 9.03. The van der Waals surface area contributed by atoms with Gasteiger partial charge in [-0.15, -0.1) is 0 Å². The number of rotatable bonds is 0. The molecule has 0 saturated heterocycles. The van der Waals surface area contributed by atoms with E-state index >= 15 is 0 Å². The predicted octanol–water partition coefficient (Wildman–Crippen LogP) is 2.35. The summed E-state index contributed by atoms with van der Waals surface area (Å²) in [7, 11) is 4.36. The summed E-state index contributed by atoms with van der Waals surface area (Å²) in [5.74, 6) is 0. The smallest absolute Gasteiger partial charge is 0.0601 e. The first-order valence-corrected chi connectivity index (χ1v) is 5.30. The second-order valence-electron chi connectivity index (χ2n) is 4.04. The molecule has 0 atom stereocenters. The van der Waals surface area contributed by atoms with Gasteiger partial charge in [-0.2, -0.15) is 0 Å². The van der Waals surface area contributed by atoms with Crippen LogP contribution in [-0.2, 0) is 0 Å². The van der Waals surface area contributed by atoms with Crippen LogP contribution in [0.3, 0.4) is 0 Å². The number of para-hydroxylation sites is 2. The van der Waals surface area contributed by atoms with Gasteiger partial charge in [0.05, 0.1) is 11.4 Å². The van der Waals surface area contributed by atoms with Gasteiger partial charge in [-0.05, 0) is 25.0 Å². The molecular weight excluding hydrogens is 172 g/mol. The Hall–Kier alpha value is -1.18. The van der Waals surface area contributed by atoms with E-state index in [4.69, 9.17) is 0 Å². The second kappa shape index (κ2) is 3.91. The molecule has 0 radical (unpaired) electrons. The van der Waals surface area contributed by atoms with Gasteiger partial charge in [-0.3, -0.25) is 0 Å². The highest BCUT2D eigenvalue weighted by Crippen LogP contribution is 2.29. The Kier molecular flexibility index (Phi) is 2.62. The van der Waals surface area contributed by atoms with Crippen LogP contribution in [0, 0.1) is 0 Å². The zero-order valence-corrected chi connectivity index (χ0v) is 9.03. The Morgan fingerprint density at radius 1 is 0.857 bits per heavy atom. The van der Waals surface area contributed by atoms with Crippen LogP contribution in [0.1, 0.15) is 12.8 Å². The third-order valence-corrected chi connectivity index (χ3v) is 2.94. The minimum atomic E-state index is 1.17. The lowest BCUT2D eigenvalue weighted by atomic mass is 10.1. The fourth-order valence-electron chi connectivity index (χ4n) is 2.05. The molecule has 76 valence electrons. The Labute approximate surface area is 86.1 Å². The maximum Gasteiger partial charge on any atom is 0.0601 e. The summed E-state index contributed by atoms with van der Waals surface area (Å²) in [5.41, 5.74) is 2.71. The summed E-state index contributed by atoms with van der Waals surface area (Å²) in [6.07, 6.45) is 2.57. The quantitative estimate of drug-likeness (QED) is 0.619. The first-order valence-electron chi connectivity index (χ1n) is 5.30. The molecule has 0 unspecified atom stereocenters. The Morgan fingerprint density at radius 2 is 1.29 bits per heavy atom. The van der Waals surface area contributed by atoms with Crippen molar-refractivity contribution >= 4 is 11.4 Å². The third-order valence-electron chi connectivity index (χ3n) is 2.94. The predicted molar refractivity (Wildman–Crippen MR) is 62.2 cm³/mol. The molecule has 0 amide bonds. The molecule has 0 aromatic heterocycles. The van der Waals surface area contributed by atoms with E-state index in [1.807, 2.05) is 0 Å². The molecule has 1 heterocycles. The van der Waals surface area contributed by atoms with Gasteiger partial charge in [0, 0.05) is 27.2 Å². The van der Waals surface area contributed by atoms with Gasteiger partial charge in [-0.1, -0.05) is 12.1 Å². The van der Waals surface area contributed by atoms with Crippen LogP contribution in [0.15, 0.2) is 24.3 Å². The van der Waals surface area contributed by atoms with Gasteiger partial charge in [0.2, 0.25) is 0 Å². The molecular formula is C12H18N2. The summed E-state index contributed by atoms with van der Waals surface area (Å²) < 4.78 is 0. The van der Waals surface area contributed by atoms with Crippen molar-refractivity contribution in [2.75, 3.05) is 37.0 Å². The minimum absolute atomic E-state index is 1.17. The molecule has 0 aliphatic carbocycles. The first kappa shape index (κ1) is 9.38. The van der Waals surface area contributed by atoms with Gasteiger partial charge < -0.3 is 9.80 Å².